The highest BCUT2D eigenvalue weighted by molar-refractivity contribution is 5.79. The van der Waals surface area contributed by atoms with Crippen LogP contribution in [0, 0.1) is 6.92 Å². The maximum atomic E-state index is 4.26. The summed E-state index contributed by atoms with van der Waals surface area (Å²) in [5.41, 5.74) is 18.7. The molecule has 3 nitrogen and oxygen atoms in total. The lowest BCUT2D eigenvalue weighted by Crippen LogP contribution is -2.59. The molecule has 3 aromatic rings. The Labute approximate surface area is 261 Å². The molecule has 4 aliphatic rings. The second-order valence-corrected chi connectivity index (χ2v) is 12.2. The van der Waals surface area contributed by atoms with E-state index >= 15 is 0 Å². The summed E-state index contributed by atoms with van der Waals surface area (Å²) in [5.74, 6) is 0. The van der Waals surface area contributed by atoms with Crippen LogP contribution in [0.3, 0.4) is 0 Å². The molecule has 44 heavy (non-hydrogen) atoms. The first-order valence-corrected chi connectivity index (χ1v) is 15.7. The Balaban J connectivity index is 1.13. The van der Waals surface area contributed by atoms with Crippen LogP contribution in [0.25, 0.3) is 11.1 Å². The second-order valence-electron chi connectivity index (χ2n) is 12.2. The molecular weight excluding hydrogens is 534 g/mol. The van der Waals surface area contributed by atoms with E-state index in [0.717, 1.165) is 24.8 Å². The van der Waals surface area contributed by atoms with E-state index in [1.807, 2.05) is 0 Å². The van der Waals surface area contributed by atoms with Crippen molar-refractivity contribution in [2.24, 2.45) is 0 Å². The maximum absolute atomic E-state index is 4.26. The highest BCUT2D eigenvalue weighted by Crippen LogP contribution is 2.37. The van der Waals surface area contributed by atoms with E-state index in [-0.39, 0.29) is 18.5 Å². The minimum atomic E-state index is 0.0513. The van der Waals surface area contributed by atoms with E-state index < -0.39 is 0 Å². The van der Waals surface area contributed by atoms with Gasteiger partial charge in [0.25, 0.3) is 0 Å². The summed E-state index contributed by atoms with van der Waals surface area (Å²) >= 11 is 0. The molecule has 0 radical (unpaired) electrons. The molecule has 3 heteroatoms. The highest BCUT2D eigenvalue weighted by atomic mass is 15.4. The minimum absolute atomic E-state index is 0.0513. The molecule has 1 aliphatic heterocycles. The molecule has 0 amide bonds. The monoisotopic (exact) mass is 573 g/mol. The van der Waals surface area contributed by atoms with Crippen LogP contribution in [-0.4, -0.2) is 6.17 Å². The highest BCUT2D eigenvalue weighted by Gasteiger charge is 2.31. The zero-order valence-electron chi connectivity index (χ0n) is 25.5. The molecular formula is C41H39N3. The molecule has 7 rings (SSSR count). The lowest BCUT2D eigenvalue weighted by atomic mass is 9.85. The number of hydrogen-bond acceptors (Lipinski definition) is 3. The summed E-state index contributed by atoms with van der Waals surface area (Å²) < 4.78 is 0. The van der Waals surface area contributed by atoms with Crippen LogP contribution in [0.5, 0.6) is 0 Å². The second kappa shape index (κ2) is 12.2. The lowest BCUT2D eigenvalue weighted by Gasteiger charge is -2.41. The summed E-state index contributed by atoms with van der Waals surface area (Å²) in [4.78, 5) is 0. The van der Waals surface area contributed by atoms with Gasteiger partial charge in [0.15, 0.2) is 0 Å². The van der Waals surface area contributed by atoms with Crippen molar-refractivity contribution < 1.29 is 0 Å². The summed E-state index contributed by atoms with van der Waals surface area (Å²) in [6.45, 7) is 8.73. The first-order valence-electron chi connectivity index (χ1n) is 15.7. The molecule has 2 unspecified atom stereocenters. The van der Waals surface area contributed by atoms with Gasteiger partial charge in [-0.1, -0.05) is 110 Å². The Hall–Kier alpha value is -4.50. The number of rotatable bonds is 5. The largest absolute Gasteiger partial charge is 0.279 e. The van der Waals surface area contributed by atoms with Crippen LogP contribution < -0.4 is 16.0 Å². The molecule has 3 aromatic carbocycles. The molecule has 0 saturated carbocycles. The molecule has 3 N–H and O–H groups in total. The van der Waals surface area contributed by atoms with Crippen LogP contribution >= 0.6 is 0 Å². The Kier molecular flexibility index (Phi) is 7.87. The van der Waals surface area contributed by atoms with E-state index in [9.17, 15) is 0 Å². The molecule has 0 bridgehead atoms. The van der Waals surface area contributed by atoms with Crippen molar-refractivity contribution in [3.63, 3.8) is 0 Å². The fraction of sp³-hybridized carbons (Fsp3) is 0.195. The van der Waals surface area contributed by atoms with Crippen molar-refractivity contribution in [1.29, 1.82) is 0 Å². The minimum Gasteiger partial charge on any atom is -0.279 e. The van der Waals surface area contributed by atoms with Gasteiger partial charge in [-0.25, -0.2) is 0 Å². The zero-order chi connectivity index (χ0) is 30.0. The van der Waals surface area contributed by atoms with Gasteiger partial charge >= 0.3 is 0 Å². The summed E-state index contributed by atoms with van der Waals surface area (Å²) in [6.07, 6.45) is 16.3. The number of hydrogen-bond donors (Lipinski definition) is 3. The van der Waals surface area contributed by atoms with Crippen molar-refractivity contribution in [3.8, 4) is 0 Å². The van der Waals surface area contributed by atoms with Crippen LogP contribution in [-0.2, 0) is 0 Å². The van der Waals surface area contributed by atoms with Crippen LogP contribution in [0.2, 0.25) is 0 Å². The lowest BCUT2D eigenvalue weighted by molar-refractivity contribution is 0.219. The normalized spacial score (nSPS) is 25.7. The SMILES string of the molecule is C=C1/C=C\C(C)=C(\c2ccc(C3=CC=C(C4NC(c5ccccc5)NC(c5ccccc5)N4)CC3)cc2C)CC2=C1C=C=C2. The number of allylic oxidation sites excluding steroid dienone is 11. The van der Waals surface area contributed by atoms with Crippen LogP contribution in [0.15, 0.2) is 155 Å². The van der Waals surface area contributed by atoms with Gasteiger partial charge in [0.1, 0.15) is 0 Å². The predicted octanol–water partition coefficient (Wildman–Crippen LogP) is 8.92. The smallest absolute Gasteiger partial charge is 0.0864 e. The van der Waals surface area contributed by atoms with Gasteiger partial charge in [0, 0.05) is 0 Å². The molecule has 1 fully saturated rings. The van der Waals surface area contributed by atoms with Gasteiger partial charge < -0.3 is 0 Å². The Morgan fingerprint density at radius 1 is 0.727 bits per heavy atom. The third kappa shape index (κ3) is 5.71. The number of nitrogens with one attached hydrogen (secondary N) is 3. The molecule has 1 saturated heterocycles. The molecule has 1 heterocycles. The Morgan fingerprint density at radius 3 is 2.05 bits per heavy atom. The third-order valence-corrected chi connectivity index (χ3v) is 9.30. The predicted molar refractivity (Wildman–Crippen MR) is 183 cm³/mol. The Morgan fingerprint density at radius 2 is 1.41 bits per heavy atom. The standard InChI is InChI=1S/C41H39N3/c1-27-17-18-28(2)38(26-35-15-10-16-36(27)35)37-24-23-34(25-29(37)3)30-19-21-33(22-20-30)41-43-39(31-11-6-4-7-12-31)42-40(44-41)32-13-8-5-9-14-32/h4-9,11-19,21,23-25,39-44H,1,20,22,26H2,2-3H3/b18-17-,38-28+. The average Bonchev–Trinajstić information content (AvgIpc) is 3.54. The molecule has 0 spiro atoms. The van der Waals surface area contributed by atoms with Crippen molar-refractivity contribution in [3.05, 3.63) is 183 Å². The van der Waals surface area contributed by atoms with E-state index in [0.29, 0.717) is 0 Å². The summed E-state index contributed by atoms with van der Waals surface area (Å²) in [6, 6.07) is 28.3. The van der Waals surface area contributed by atoms with E-state index in [2.05, 4.69) is 157 Å². The molecule has 2 atom stereocenters. The van der Waals surface area contributed by atoms with E-state index in [1.165, 1.54) is 61.3 Å². The van der Waals surface area contributed by atoms with E-state index in [4.69, 9.17) is 0 Å². The molecule has 0 aromatic heterocycles. The van der Waals surface area contributed by atoms with E-state index in [1.54, 1.807) is 0 Å². The zero-order valence-corrected chi connectivity index (χ0v) is 25.5. The fourth-order valence-electron chi connectivity index (χ4n) is 6.77. The van der Waals surface area contributed by atoms with Crippen molar-refractivity contribution in [2.75, 3.05) is 0 Å². The van der Waals surface area contributed by atoms with Crippen LogP contribution in [0.1, 0.15) is 66.3 Å². The van der Waals surface area contributed by atoms with Gasteiger partial charge in [-0.3, -0.25) is 16.0 Å². The van der Waals surface area contributed by atoms with Gasteiger partial charge in [0.05, 0.1) is 18.5 Å². The quantitative estimate of drug-likeness (QED) is 0.267. The third-order valence-electron chi connectivity index (χ3n) is 9.30. The number of aryl methyl sites for hydroxylation is 1. The maximum Gasteiger partial charge on any atom is 0.0864 e. The van der Waals surface area contributed by atoms with Gasteiger partial charge in [-0.05, 0) is 112 Å². The van der Waals surface area contributed by atoms with Crippen molar-refractivity contribution in [1.82, 2.24) is 16.0 Å². The molecule has 3 aliphatic carbocycles. The number of benzene rings is 3. The van der Waals surface area contributed by atoms with Gasteiger partial charge in [0.2, 0.25) is 0 Å². The van der Waals surface area contributed by atoms with Gasteiger partial charge in [-0.15, -0.1) is 5.73 Å². The van der Waals surface area contributed by atoms with Crippen molar-refractivity contribution in [2.45, 2.75) is 51.6 Å². The first kappa shape index (κ1) is 28.3. The Bertz CT molecular complexity index is 1780. The van der Waals surface area contributed by atoms with Crippen molar-refractivity contribution >= 4 is 11.1 Å². The van der Waals surface area contributed by atoms with Gasteiger partial charge in [-0.2, -0.15) is 0 Å². The summed E-state index contributed by atoms with van der Waals surface area (Å²) in [7, 11) is 0. The topological polar surface area (TPSA) is 36.1 Å². The van der Waals surface area contributed by atoms with Crippen LogP contribution in [0.4, 0.5) is 0 Å². The fourth-order valence-corrected chi connectivity index (χ4v) is 6.77. The first-order chi connectivity index (χ1) is 21.5. The summed E-state index contributed by atoms with van der Waals surface area (Å²) in [5, 5.41) is 11.4. The molecule has 218 valence electrons. The average molecular weight is 574 g/mol.